The third kappa shape index (κ3) is 49.7. The number of hydrogen-bond donors (Lipinski definition) is 0. The van der Waals surface area contributed by atoms with Crippen LogP contribution in [0.1, 0.15) is 252 Å². The van der Waals surface area contributed by atoms with Gasteiger partial charge in [0.2, 0.25) is 0 Å². The van der Waals surface area contributed by atoms with Gasteiger partial charge in [-0.15, -0.1) is 0 Å². The fraction of sp³-hybridized carbons (Fsp3) is 0.737. The Balaban J connectivity index is 4.44. The number of carbonyl (C=O) groups excluding carboxylic acids is 3. The van der Waals surface area contributed by atoms with Gasteiger partial charge in [-0.1, -0.05) is 216 Å². The van der Waals surface area contributed by atoms with E-state index in [2.05, 4.69) is 93.7 Å². The van der Waals surface area contributed by atoms with E-state index in [9.17, 15) is 14.4 Å². The molecule has 0 bridgehead atoms. The van der Waals surface area contributed by atoms with Crippen molar-refractivity contribution in [2.75, 3.05) is 13.2 Å². The largest absolute Gasteiger partial charge is 0.462 e. The Morgan fingerprint density at radius 2 is 0.619 bits per heavy atom. The van der Waals surface area contributed by atoms with Crippen LogP contribution in [0.4, 0.5) is 0 Å². The van der Waals surface area contributed by atoms with Gasteiger partial charge in [-0.2, -0.15) is 0 Å². The van der Waals surface area contributed by atoms with Crippen molar-refractivity contribution in [3.05, 3.63) is 72.9 Å². The number of unbranched alkanes of at least 4 members (excludes halogenated alkanes) is 24. The van der Waals surface area contributed by atoms with Gasteiger partial charge in [0.05, 0.1) is 0 Å². The Morgan fingerprint density at radius 1 is 0.333 bits per heavy atom. The SMILES string of the molecule is CC/C=C\C/C=C\C/C=C\C/C=C\CCCCC(=O)OC(COC(=O)CCCCCCCCC/C=C\C/C=C\CCCCC)COC(=O)CCCCCCCCCCCCCCC. The van der Waals surface area contributed by atoms with Gasteiger partial charge < -0.3 is 14.2 Å². The van der Waals surface area contributed by atoms with Gasteiger partial charge >= 0.3 is 17.9 Å². The van der Waals surface area contributed by atoms with Gasteiger partial charge in [-0.25, -0.2) is 0 Å². The summed E-state index contributed by atoms with van der Waals surface area (Å²) in [4.78, 5) is 38.0. The average molecular weight is 879 g/mol. The highest BCUT2D eigenvalue weighted by atomic mass is 16.6. The first-order valence-corrected chi connectivity index (χ1v) is 26.4. The molecule has 0 saturated carbocycles. The van der Waals surface area contributed by atoms with Crippen molar-refractivity contribution in [2.24, 2.45) is 0 Å². The second-order valence-electron chi connectivity index (χ2n) is 17.4. The zero-order valence-electron chi connectivity index (χ0n) is 41.3. The number of carbonyl (C=O) groups is 3. The van der Waals surface area contributed by atoms with Crippen molar-refractivity contribution in [1.82, 2.24) is 0 Å². The quantitative estimate of drug-likeness (QED) is 0.0262. The van der Waals surface area contributed by atoms with Crippen LogP contribution in [0.3, 0.4) is 0 Å². The number of ether oxygens (including phenoxy) is 3. The summed E-state index contributed by atoms with van der Waals surface area (Å²) in [5, 5.41) is 0. The molecular weight excluding hydrogens is 781 g/mol. The maximum Gasteiger partial charge on any atom is 0.306 e. The highest BCUT2D eigenvalue weighted by Gasteiger charge is 2.19. The molecule has 6 heteroatoms. The summed E-state index contributed by atoms with van der Waals surface area (Å²) in [5.41, 5.74) is 0. The van der Waals surface area contributed by atoms with Gasteiger partial charge in [0.25, 0.3) is 0 Å². The summed E-state index contributed by atoms with van der Waals surface area (Å²) < 4.78 is 16.8. The van der Waals surface area contributed by atoms with E-state index in [4.69, 9.17) is 14.2 Å². The predicted octanol–water partition coefficient (Wildman–Crippen LogP) is 17.4. The van der Waals surface area contributed by atoms with Crippen molar-refractivity contribution >= 4 is 17.9 Å². The molecule has 0 spiro atoms. The summed E-state index contributed by atoms with van der Waals surface area (Å²) in [5.74, 6) is -0.939. The molecule has 362 valence electrons. The van der Waals surface area contributed by atoms with Gasteiger partial charge in [0, 0.05) is 19.3 Å². The molecule has 0 aromatic rings. The van der Waals surface area contributed by atoms with Crippen LogP contribution in [0, 0.1) is 0 Å². The number of allylic oxidation sites excluding steroid dienone is 12. The summed E-state index contributed by atoms with van der Waals surface area (Å²) in [6, 6.07) is 0. The predicted molar refractivity (Wildman–Crippen MR) is 270 cm³/mol. The first-order valence-electron chi connectivity index (χ1n) is 26.4. The Kier molecular flexibility index (Phi) is 48.9. The molecule has 1 unspecified atom stereocenters. The number of esters is 3. The molecule has 0 amide bonds. The maximum absolute atomic E-state index is 12.8. The third-order valence-corrected chi connectivity index (χ3v) is 11.2. The highest BCUT2D eigenvalue weighted by molar-refractivity contribution is 5.71. The first-order chi connectivity index (χ1) is 31.0. The topological polar surface area (TPSA) is 78.9 Å². The molecule has 0 heterocycles. The summed E-state index contributed by atoms with van der Waals surface area (Å²) in [6.07, 6.45) is 64.5. The van der Waals surface area contributed by atoms with Gasteiger partial charge in [0.1, 0.15) is 13.2 Å². The van der Waals surface area contributed by atoms with E-state index in [0.717, 1.165) is 89.9 Å². The lowest BCUT2D eigenvalue weighted by Crippen LogP contribution is -2.30. The molecule has 1 atom stereocenters. The van der Waals surface area contributed by atoms with E-state index in [1.54, 1.807) is 0 Å². The minimum atomic E-state index is -0.798. The van der Waals surface area contributed by atoms with Crippen molar-refractivity contribution in [1.29, 1.82) is 0 Å². The van der Waals surface area contributed by atoms with Crippen LogP contribution in [-0.2, 0) is 28.6 Å². The van der Waals surface area contributed by atoms with Crippen molar-refractivity contribution < 1.29 is 28.6 Å². The highest BCUT2D eigenvalue weighted by Crippen LogP contribution is 2.15. The average Bonchev–Trinajstić information content (AvgIpc) is 3.28. The monoisotopic (exact) mass is 879 g/mol. The van der Waals surface area contributed by atoms with Crippen LogP contribution in [0.25, 0.3) is 0 Å². The zero-order chi connectivity index (χ0) is 45.8. The van der Waals surface area contributed by atoms with Crippen LogP contribution in [0.2, 0.25) is 0 Å². The molecule has 63 heavy (non-hydrogen) atoms. The number of rotatable bonds is 47. The summed E-state index contributed by atoms with van der Waals surface area (Å²) in [6.45, 7) is 6.46. The van der Waals surface area contributed by atoms with E-state index in [1.165, 1.54) is 116 Å². The Hall–Kier alpha value is -3.15. The third-order valence-electron chi connectivity index (χ3n) is 11.2. The zero-order valence-corrected chi connectivity index (χ0v) is 41.3. The molecule has 0 aliphatic rings. The second-order valence-corrected chi connectivity index (χ2v) is 17.4. The molecule has 0 saturated heterocycles. The summed E-state index contributed by atoms with van der Waals surface area (Å²) >= 11 is 0. The lowest BCUT2D eigenvalue weighted by Gasteiger charge is -2.18. The van der Waals surface area contributed by atoms with Crippen molar-refractivity contribution in [3.63, 3.8) is 0 Å². The number of hydrogen-bond acceptors (Lipinski definition) is 6. The van der Waals surface area contributed by atoms with E-state index in [1.807, 2.05) is 0 Å². The smallest absolute Gasteiger partial charge is 0.306 e. The van der Waals surface area contributed by atoms with Gasteiger partial charge in [-0.05, 0) is 89.9 Å². The van der Waals surface area contributed by atoms with E-state index < -0.39 is 6.10 Å². The molecule has 0 aliphatic carbocycles. The molecule has 0 radical (unpaired) electrons. The van der Waals surface area contributed by atoms with Gasteiger partial charge in [0.15, 0.2) is 6.10 Å². The van der Waals surface area contributed by atoms with Crippen LogP contribution in [-0.4, -0.2) is 37.2 Å². The van der Waals surface area contributed by atoms with Crippen LogP contribution in [0.5, 0.6) is 0 Å². The molecule has 0 N–H and O–H groups in total. The Morgan fingerprint density at radius 3 is 1.03 bits per heavy atom. The van der Waals surface area contributed by atoms with Crippen LogP contribution in [0.15, 0.2) is 72.9 Å². The van der Waals surface area contributed by atoms with Crippen molar-refractivity contribution in [3.8, 4) is 0 Å². The molecule has 0 aromatic carbocycles. The first kappa shape index (κ1) is 59.9. The minimum absolute atomic E-state index is 0.0930. The standard InChI is InChI=1S/C57H98O6/c1-4-7-10-13-16-19-22-25-27-28-30-32-35-38-41-44-47-50-56(59)62-53-54(52-61-55(58)49-46-43-40-37-34-31-24-21-18-15-12-9-6-3)63-57(60)51-48-45-42-39-36-33-29-26-23-20-17-14-11-8-5-2/h8,11,16-17,19-20,25-27,29,36,39,54H,4-7,9-10,12-15,18,21-24,28,30-35,37-38,40-53H2,1-3H3/b11-8-,19-16-,20-17-,27-25-,29-26-,39-36-. The fourth-order valence-electron chi connectivity index (χ4n) is 7.23. The lowest BCUT2D eigenvalue weighted by atomic mass is 10.0. The van der Waals surface area contributed by atoms with E-state index in [-0.39, 0.29) is 37.5 Å². The molecule has 0 rings (SSSR count). The lowest BCUT2D eigenvalue weighted by molar-refractivity contribution is -0.167. The van der Waals surface area contributed by atoms with Crippen LogP contribution < -0.4 is 0 Å². The maximum atomic E-state index is 12.8. The Labute approximate surface area is 389 Å². The molecular formula is C57H98O6. The molecule has 0 aliphatic heterocycles. The normalized spacial score (nSPS) is 12.6. The Bertz CT molecular complexity index is 1190. The van der Waals surface area contributed by atoms with Gasteiger partial charge in [-0.3, -0.25) is 14.4 Å². The fourth-order valence-corrected chi connectivity index (χ4v) is 7.23. The molecule has 0 fully saturated rings. The van der Waals surface area contributed by atoms with Crippen LogP contribution >= 0.6 is 0 Å². The van der Waals surface area contributed by atoms with E-state index in [0.29, 0.717) is 19.3 Å². The van der Waals surface area contributed by atoms with Crippen molar-refractivity contribution in [2.45, 2.75) is 258 Å². The molecule has 6 nitrogen and oxygen atoms in total. The second kappa shape index (κ2) is 51.5. The van der Waals surface area contributed by atoms with E-state index >= 15 is 0 Å². The molecule has 0 aromatic heterocycles. The summed E-state index contributed by atoms with van der Waals surface area (Å²) in [7, 11) is 0. The minimum Gasteiger partial charge on any atom is -0.462 e.